The summed E-state index contributed by atoms with van der Waals surface area (Å²) < 4.78 is 0. The molecule has 0 aliphatic rings. The number of nitrogens with zero attached hydrogens (tertiary/aromatic N) is 2. The molecule has 2 nitrogen and oxygen atoms in total. The zero-order valence-corrected chi connectivity index (χ0v) is 12.0. The molecule has 0 radical (unpaired) electrons. The van der Waals surface area contributed by atoms with Crippen LogP contribution in [0, 0.1) is 6.92 Å². The largest absolute Gasteiger partial charge is 0.159 e. The second-order valence-corrected chi connectivity index (χ2v) is 3.57. The highest BCUT2D eigenvalue weighted by molar-refractivity contribution is 5.83. The molecule has 1 aromatic carbocycles. The topological polar surface area (TPSA) is 24.7 Å². The molecule has 0 atom stereocenters. The van der Waals surface area contributed by atoms with Crippen LogP contribution in [0.25, 0.3) is 0 Å². The van der Waals surface area contributed by atoms with Gasteiger partial charge < -0.3 is 0 Å². The normalized spacial score (nSPS) is 10.7. The second kappa shape index (κ2) is 10.9. The number of benzene rings is 1. The molecule has 1 rings (SSSR count). The lowest BCUT2D eigenvalue weighted by molar-refractivity contribution is 1.26. The van der Waals surface area contributed by atoms with Crippen LogP contribution in [0.5, 0.6) is 0 Å². The molecular weight excluding hydrogens is 232 g/mol. The van der Waals surface area contributed by atoms with E-state index >= 15 is 0 Å². The fraction of sp³-hybridized carbons (Fsp3) is 0.176. The molecule has 0 unspecified atom stereocenters. The van der Waals surface area contributed by atoms with Gasteiger partial charge in [-0.1, -0.05) is 75.1 Å². The van der Waals surface area contributed by atoms with Crippen LogP contribution in [0.4, 0.5) is 0 Å². The molecule has 0 fully saturated rings. The molecule has 0 bridgehead atoms. The van der Waals surface area contributed by atoms with Gasteiger partial charge in [0.05, 0.1) is 12.4 Å². The van der Waals surface area contributed by atoms with Gasteiger partial charge in [0.15, 0.2) is 0 Å². The predicted molar refractivity (Wildman–Crippen MR) is 87.1 cm³/mol. The van der Waals surface area contributed by atoms with Gasteiger partial charge in [0.1, 0.15) is 0 Å². The van der Waals surface area contributed by atoms with Gasteiger partial charge in [-0.15, -0.1) is 0 Å². The van der Waals surface area contributed by atoms with Gasteiger partial charge in [-0.25, -0.2) is 0 Å². The minimum absolute atomic E-state index is 0.783. The first-order valence-electron chi connectivity index (χ1n) is 6.33. The van der Waals surface area contributed by atoms with E-state index in [0.717, 1.165) is 11.1 Å². The zero-order chi connectivity index (χ0) is 14.5. The summed E-state index contributed by atoms with van der Waals surface area (Å²) in [5.41, 5.74) is 3.04. The maximum atomic E-state index is 3.94. The molecule has 0 aliphatic carbocycles. The average molecular weight is 254 g/mol. The van der Waals surface area contributed by atoms with E-state index in [1.807, 2.05) is 44.2 Å². The molecular formula is C17H22N2. The number of hydrogen-bond acceptors (Lipinski definition) is 2. The Morgan fingerprint density at radius 1 is 1.11 bits per heavy atom. The van der Waals surface area contributed by atoms with Crippen molar-refractivity contribution in [3.63, 3.8) is 0 Å². The predicted octanol–water partition coefficient (Wildman–Crippen LogP) is 4.72. The van der Waals surface area contributed by atoms with E-state index in [4.69, 9.17) is 0 Å². The maximum Gasteiger partial charge on any atom is 0.0568 e. The van der Waals surface area contributed by atoms with Crippen molar-refractivity contribution in [2.45, 2.75) is 20.8 Å². The Labute approximate surface area is 116 Å². The summed E-state index contributed by atoms with van der Waals surface area (Å²) in [6, 6.07) is 8.08. The Morgan fingerprint density at radius 2 is 1.74 bits per heavy atom. The van der Waals surface area contributed by atoms with Crippen molar-refractivity contribution in [1.29, 1.82) is 0 Å². The van der Waals surface area contributed by atoms with Crippen molar-refractivity contribution in [1.82, 2.24) is 0 Å². The lowest BCUT2D eigenvalue weighted by atomic mass is 10.2. The first kappa shape index (κ1) is 16.8. The molecule has 0 aliphatic heterocycles. The van der Waals surface area contributed by atoms with Crippen LogP contribution in [0.3, 0.4) is 0 Å². The lowest BCUT2D eigenvalue weighted by Gasteiger charge is -1.92. The molecule has 19 heavy (non-hydrogen) atoms. The molecule has 0 saturated carbocycles. The molecule has 0 amide bonds. The minimum atomic E-state index is 0.783. The van der Waals surface area contributed by atoms with Gasteiger partial charge in [0, 0.05) is 0 Å². The van der Waals surface area contributed by atoms with Crippen molar-refractivity contribution in [3.05, 3.63) is 72.4 Å². The van der Waals surface area contributed by atoms with E-state index in [-0.39, 0.29) is 0 Å². The summed E-state index contributed by atoms with van der Waals surface area (Å²) in [6.07, 6.45) is 8.62. The highest BCUT2D eigenvalue weighted by Gasteiger charge is 1.85. The standard InChI is InChI=1S/C15H16N2.C2H6/c1-4-5-6-14(3)11-16-17-12-15-9-7-13(2)8-10-15;1-2/h4-12H,1,3H2,2H3;1-2H3/b6-5-,16-11+,17-12+;. The molecule has 0 heterocycles. The van der Waals surface area contributed by atoms with Crippen molar-refractivity contribution >= 4 is 12.4 Å². The smallest absolute Gasteiger partial charge is 0.0568 e. The number of aryl methyl sites for hydroxylation is 1. The Bertz CT molecular complexity index is 463. The van der Waals surface area contributed by atoms with Crippen LogP contribution in [-0.4, -0.2) is 12.4 Å². The highest BCUT2D eigenvalue weighted by atomic mass is 15.2. The maximum absolute atomic E-state index is 3.94. The molecule has 100 valence electrons. The third-order valence-corrected chi connectivity index (χ3v) is 2.02. The van der Waals surface area contributed by atoms with Crippen LogP contribution in [0.2, 0.25) is 0 Å². The van der Waals surface area contributed by atoms with Gasteiger partial charge in [-0.2, -0.15) is 10.2 Å². The van der Waals surface area contributed by atoms with Crippen molar-refractivity contribution in [3.8, 4) is 0 Å². The first-order chi connectivity index (χ1) is 9.22. The SMILES string of the molecule is C=C/C=C\C(=C)/C=N/N=C/c1ccc(C)cc1.CC. The third-order valence-electron chi connectivity index (χ3n) is 2.02. The Balaban J connectivity index is 0.00000154. The minimum Gasteiger partial charge on any atom is -0.159 e. The van der Waals surface area contributed by atoms with Crippen LogP contribution in [0.1, 0.15) is 25.0 Å². The van der Waals surface area contributed by atoms with Crippen molar-refractivity contribution in [2.24, 2.45) is 10.2 Å². The van der Waals surface area contributed by atoms with Crippen molar-refractivity contribution in [2.75, 3.05) is 0 Å². The number of allylic oxidation sites excluding steroid dienone is 4. The summed E-state index contributed by atoms with van der Waals surface area (Å²) in [6.45, 7) is 13.4. The van der Waals surface area contributed by atoms with E-state index in [2.05, 4.69) is 30.3 Å². The van der Waals surface area contributed by atoms with Crippen LogP contribution in [-0.2, 0) is 0 Å². The molecule has 0 spiro atoms. The van der Waals surface area contributed by atoms with Gasteiger partial charge in [-0.3, -0.25) is 0 Å². The lowest BCUT2D eigenvalue weighted by Crippen LogP contribution is -1.80. The zero-order valence-electron chi connectivity index (χ0n) is 12.0. The van der Waals surface area contributed by atoms with Crippen LogP contribution in [0.15, 0.2) is 71.4 Å². The molecule has 2 heteroatoms. The van der Waals surface area contributed by atoms with Crippen LogP contribution >= 0.6 is 0 Å². The summed E-state index contributed by atoms with van der Waals surface area (Å²) in [7, 11) is 0. The van der Waals surface area contributed by atoms with E-state index in [9.17, 15) is 0 Å². The first-order valence-corrected chi connectivity index (χ1v) is 6.33. The summed E-state index contributed by atoms with van der Waals surface area (Å²) in [5, 5.41) is 7.84. The van der Waals surface area contributed by atoms with Gasteiger partial charge in [0.25, 0.3) is 0 Å². The van der Waals surface area contributed by atoms with E-state index < -0.39 is 0 Å². The molecule has 0 saturated heterocycles. The third kappa shape index (κ3) is 8.50. The number of hydrogen-bond donors (Lipinski definition) is 0. The summed E-state index contributed by atoms with van der Waals surface area (Å²) in [5.74, 6) is 0. The van der Waals surface area contributed by atoms with Crippen molar-refractivity contribution < 1.29 is 0 Å². The van der Waals surface area contributed by atoms with Crippen LogP contribution < -0.4 is 0 Å². The fourth-order valence-electron chi connectivity index (χ4n) is 1.09. The quantitative estimate of drug-likeness (QED) is 0.412. The van der Waals surface area contributed by atoms with Gasteiger partial charge in [0.2, 0.25) is 0 Å². The Kier molecular flexibility index (Phi) is 9.63. The average Bonchev–Trinajstić information content (AvgIpc) is 2.45. The van der Waals surface area contributed by atoms with E-state index in [1.165, 1.54) is 5.56 Å². The van der Waals surface area contributed by atoms with E-state index in [1.54, 1.807) is 24.6 Å². The van der Waals surface area contributed by atoms with Gasteiger partial charge >= 0.3 is 0 Å². The highest BCUT2D eigenvalue weighted by Crippen LogP contribution is 2.00. The Morgan fingerprint density at radius 3 is 2.32 bits per heavy atom. The molecule has 0 aromatic heterocycles. The molecule has 1 aromatic rings. The molecule has 0 N–H and O–H groups in total. The monoisotopic (exact) mass is 254 g/mol. The summed E-state index contributed by atoms with van der Waals surface area (Å²) >= 11 is 0. The van der Waals surface area contributed by atoms with E-state index in [0.29, 0.717) is 0 Å². The fourth-order valence-corrected chi connectivity index (χ4v) is 1.09. The Hall–Kier alpha value is -2.22. The second-order valence-electron chi connectivity index (χ2n) is 3.57. The number of rotatable bonds is 5. The van der Waals surface area contributed by atoms with Gasteiger partial charge in [-0.05, 0) is 18.1 Å². The summed E-state index contributed by atoms with van der Waals surface area (Å²) in [4.78, 5) is 0.